The van der Waals surface area contributed by atoms with Gasteiger partial charge in [0, 0.05) is 24.4 Å². The molecule has 2 nitrogen and oxygen atoms in total. The van der Waals surface area contributed by atoms with Crippen molar-refractivity contribution in [3.63, 3.8) is 0 Å². The average Bonchev–Trinajstić information content (AvgIpc) is 2.27. The molecule has 86 valence electrons. The van der Waals surface area contributed by atoms with E-state index in [-0.39, 0.29) is 5.69 Å². The standard InChI is InChI=1S/C10H9F3N2S/c11-6-4-7(12)9(13)8(5-6)15-10-14-2-1-3-16-10/h4-5H,1-3H2,(H,14,15). The summed E-state index contributed by atoms with van der Waals surface area (Å²) in [5.74, 6) is -2.24. The number of rotatable bonds is 1. The summed E-state index contributed by atoms with van der Waals surface area (Å²) in [5.41, 5.74) is -0.217. The van der Waals surface area contributed by atoms with Crippen LogP contribution in [0, 0.1) is 17.5 Å². The van der Waals surface area contributed by atoms with Gasteiger partial charge in [0.2, 0.25) is 0 Å². The monoisotopic (exact) mass is 246 g/mol. The van der Waals surface area contributed by atoms with Crippen molar-refractivity contribution in [2.75, 3.05) is 17.6 Å². The number of hydrogen-bond acceptors (Lipinski definition) is 3. The zero-order valence-electron chi connectivity index (χ0n) is 8.27. The molecule has 0 saturated carbocycles. The molecule has 1 aliphatic rings. The van der Waals surface area contributed by atoms with Gasteiger partial charge >= 0.3 is 0 Å². The topological polar surface area (TPSA) is 24.4 Å². The Morgan fingerprint density at radius 2 is 2.06 bits per heavy atom. The summed E-state index contributed by atoms with van der Waals surface area (Å²) in [6.45, 7) is 0.648. The van der Waals surface area contributed by atoms with Crippen molar-refractivity contribution in [3.8, 4) is 0 Å². The van der Waals surface area contributed by atoms with Crippen LogP contribution < -0.4 is 5.32 Å². The quantitative estimate of drug-likeness (QED) is 0.770. The molecule has 0 aliphatic carbocycles. The Kier molecular flexibility index (Phi) is 3.38. The van der Waals surface area contributed by atoms with Crippen LogP contribution in [0.5, 0.6) is 0 Å². The fourth-order valence-corrected chi connectivity index (χ4v) is 2.13. The van der Waals surface area contributed by atoms with Crippen LogP contribution in [0.1, 0.15) is 6.42 Å². The van der Waals surface area contributed by atoms with Crippen LogP contribution >= 0.6 is 11.8 Å². The van der Waals surface area contributed by atoms with Crippen molar-refractivity contribution in [2.45, 2.75) is 6.42 Å². The van der Waals surface area contributed by atoms with Crippen LogP contribution in [-0.4, -0.2) is 17.5 Å². The number of nitrogens with zero attached hydrogens (tertiary/aromatic N) is 1. The molecule has 1 aromatic rings. The van der Waals surface area contributed by atoms with Gasteiger partial charge in [0.15, 0.2) is 16.8 Å². The summed E-state index contributed by atoms with van der Waals surface area (Å²) in [6, 6.07) is 1.42. The van der Waals surface area contributed by atoms with Gasteiger partial charge in [0.05, 0.1) is 5.69 Å². The van der Waals surface area contributed by atoms with Gasteiger partial charge in [-0.3, -0.25) is 4.99 Å². The molecule has 1 N–H and O–H groups in total. The first-order valence-corrected chi connectivity index (χ1v) is 5.74. The molecular formula is C10H9F3N2S. The van der Waals surface area contributed by atoms with Gasteiger partial charge in [-0.05, 0) is 6.42 Å². The maximum Gasteiger partial charge on any atom is 0.182 e. The number of halogens is 3. The number of anilines is 1. The number of amidine groups is 1. The predicted octanol–water partition coefficient (Wildman–Crippen LogP) is 3.01. The van der Waals surface area contributed by atoms with E-state index < -0.39 is 17.5 Å². The minimum absolute atomic E-state index is 0.217. The molecule has 1 aromatic carbocycles. The first-order chi connectivity index (χ1) is 7.66. The van der Waals surface area contributed by atoms with E-state index in [1.54, 1.807) is 0 Å². The first-order valence-electron chi connectivity index (χ1n) is 4.75. The third-order valence-electron chi connectivity index (χ3n) is 2.03. The fraction of sp³-hybridized carbons (Fsp3) is 0.300. The number of benzene rings is 1. The lowest BCUT2D eigenvalue weighted by Gasteiger charge is -2.13. The van der Waals surface area contributed by atoms with Crippen LogP contribution in [0.25, 0.3) is 0 Å². The van der Waals surface area contributed by atoms with Crippen LogP contribution in [0.3, 0.4) is 0 Å². The lowest BCUT2D eigenvalue weighted by atomic mass is 10.3. The van der Waals surface area contributed by atoms with Gasteiger partial charge < -0.3 is 5.32 Å². The van der Waals surface area contributed by atoms with Gasteiger partial charge in [-0.15, -0.1) is 0 Å². The second kappa shape index (κ2) is 4.78. The Balaban J connectivity index is 2.23. The number of nitrogens with one attached hydrogen (secondary N) is 1. The van der Waals surface area contributed by atoms with E-state index in [0.29, 0.717) is 17.8 Å². The number of hydrogen-bond donors (Lipinski definition) is 1. The summed E-state index contributed by atoms with van der Waals surface area (Å²) in [4.78, 5) is 4.08. The molecule has 0 radical (unpaired) electrons. The fourth-order valence-electron chi connectivity index (χ4n) is 1.30. The highest BCUT2D eigenvalue weighted by molar-refractivity contribution is 8.14. The lowest BCUT2D eigenvalue weighted by Crippen LogP contribution is -2.15. The smallest absolute Gasteiger partial charge is 0.182 e. The predicted molar refractivity (Wildman–Crippen MR) is 59.3 cm³/mol. The molecule has 1 heterocycles. The summed E-state index contributed by atoms with van der Waals surface area (Å²) < 4.78 is 39.0. The zero-order valence-corrected chi connectivity index (χ0v) is 9.08. The van der Waals surface area contributed by atoms with Crippen molar-refractivity contribution in [2.24, 2.45) is 4.99 Å². The van der Waals surface area contributed by atoms with E-state index in [4.69, 9.17) is 0 Å². The van der Waals surface area contributed by atoms with E-state index in [2.05, 4.69) is 10.3 Å². The molecule has 16 heavy (non-hydrogen) atoms. The number of thioether (sulfide) groups is 1. The molecule has 0 fully saturated rings. The van der Waals surface area contributed by atoms with Crippen LogP contribution in [0.2, 0.25) is 0 Å². The highest BCUT2D eigenvalue weighted by Gasteiger charge is 2.13. The Hall–Kier alpha value is -1.17. The van der Waals surface area contributed by atoms with Gasteiger partial charge in [0.1, 0.15) is 5.82 Å². The lowest BCUT2D eigenvalue weighted by molar-refractivity contribution is 0.498. The third kappa shape index (κ3) is 2.49. The molecule has 1 aliphatic heterocycles. The maximum atomic E-state index is 13.3. The second-order valence-corrected chi connectivity index (χ2v) is 4.35. The molecular weight excluding hydrogens is 237 g/mol. The van der Waals surface area contributed by atoms with Crippen molar-refractivity contribution in [3.05, 3.63) is 29.6 Å². The SMILES string of the molecule is Fc1cc(F)c(F)c(NC2=NCCCS2)c1. The first kappa shape index (κ1) is 11.3. The Bertz CT molecular complexity index is 434. The Morgan fingerprint density at radius 1 is 1.25 bits per heavy atom. The third-order valence-corrected chi connectivity index (χ3v) is 3.03. The van der Waals surface area contributed by atoms with E-state index in [9.17, 15) is 13.2 Å². The Labute approximate surface area is 95.0 Å². The molecule has 2 rings (SSSR count). The minimum Gasteiger partial charge on any atom is -0.332 e. The highest BCUT2D eigenvalue weighted by atomic mass is 32.2. The molecule has 0 atom stereocenters. The zero-order chi connectivity index (χ0) is 11.5. The van der Waals surface area contributed by atoms with Crippen molar-refractivity contribution in [1.29, 1.82) is 0 Å². The Morgan fingerprint density at radius 3 is 2.75 bits per heavy atom. The van der Waals surface area contributed by atoms with Gasteiger partial charge in [0.25, 0.3) is 0 Å². The van der Waals surface area contributed by atoms with E-state index in [1.165, 1.54) is 11.8 Å². The van der Waals surface area contributed by atoms with Gasteiger partial charge in [-0.25, -0.2) is 13.2 Å². The normalized spacial score (nSPS) is 15.8. The van der Waals surface area contributed by atoms with E-state index >= 15 is 0 Å². The molecule has 0 bridgehead atoms. The average molecular weight is 246 g/mol. The summed E-state index contributed by atoms with van der Waals surface area (Å²) in [7, 11) is 0. The van der Waals surface area contributed by atoms with Crippen LogP contribution in [0.15, 0.2) is 17.1 Å². The van der Waals surface area contributed by atoms with Crippen molar-refractivity contribution in [1.82, 2.24) is 0 Å². The summed E-state index contributed by atoms with van der Waals surface area (Å²) in [5, 5.41) is 3.08. The number of aliphatic imine (C=N–C) groups is 1. The second-order valence-electron chi connectivity index (χ2n) is 3.26. The van der Waals surface area contributed by atoms with Gasteiger partial charge in [-0.1, -0.05) is 11.8 Å². The molecule has 0 aromatic heterocycles. The highest BCUT2D eigenvalue weighted by Crippen LogP contribution is 2.22. The minimum atomic E-state index is -1.20. The molecule has 6 heteroatoms. The van der Waals surface area contributed by atoms with Crippen molar-refractivity contribution >= 4 is 22.6 Å². The maximum absolute atomic E-state index is 13.3. The summed E-state index contributed by atoms with van der Waals surface area (Å²) in [6.07, 6.45) is 0.954. The summed E-state index contributed by atoms with van der Waals surface area (Å²) >= 11 is 1.41. The van der Waals surface area contributed by atoms with Crippen LogP contribution in [0.4, 0.5) is 18.9 Å². The van der Waals surface area contributed by atoms with Gasteiger partial charge in [-0.2, -0.15) is 0 Å². The molecule has 0 unspecified atom stereocenters. The molecule has 0 amide bonds. The molecule has 0 saturated heterocycles. The largest absolute Gasteiger partial charge is 0.332 e. The van der Waals surface area contributed by atoms with Crippen molar-refractivity contribution < 1.29 is 13.2 Å². The van der Waals surface area contributed by atoms with Crippen LogP contribution in [-0.2, 0) is 0 Å². The molecule has 0 spiro atoms. The van der Waals surface area contributed by atoms with E-state index in [0.717, 1.165) is 18.2 Å². The van der Waals surface area contributed by atoms with E-state index in [1.807, 2.05) is 0 Å².